The molecule has 7 heteroatoms. The predicted octanol–water partition coefficient (Wildman–Crippen LogP) is 4.12. The maximum absolute atomic E-state index is 6.12. The predicted molar refractivity (Wildman–Crippen MR) is 116 cm³/mol. The minimum atomic E-state index is -1.54. The maximum atomic E-state index is 6.12. The summed E-state index contributed by atoms with van der Waals surface area (Å²) in [5.41, 5.74) is 1.44. The molecule has 2 aliphatic heterocycles. The summed E-state index contributed by atoms with van der Waals surface area (Å²) in [6, 6.07) is 9.43. The Labute approximate surface area is 172 Å². The molecule has 1 aromatic carbocycles. The van der Waals surface area contributed by atoms with Crippen LogP contribution in [-0.4, -0.2) is 52.6 Å². The van der Waals surface area contributed by atoms with Crippen molar-refractivity contribution >= 4 is 33.1 Å². The van der Waals surface area contributed by atoms with Crippen molar-refractivity contribution in [2.75, 3.05) is 39.4 Å². The van der Waals surface area contributed by atoms with Gasteiger partial charge in [-0.2, -0.15) is 0 Å². The molecule has 3 rings (SSSR count). The Hall–Kier alpha value is -0.303. The van der Waals surface area contributed by atoms with Crippen molar-refractivity contribution in [2.45, 2.75) is 38.5 Å². The molecule has 0 aromatic heterocycles. The molecule has 1 atom stereocenters. The lowest BCUT2D eigenvalue weighted by Gasteiger charge is -2.41. The molecule has 0 saturated carbocycles. The van der Waals surface area contributed by atoms with Gasteiger partial charge in [0.25, 0.3) is 0 Å². The first kappa shape index (κ1) is 23.7. The number of rotatable bonds is 5. The van der Waals surface area contributed by atoms with Crippen molar-refractivity contribution in [3.8, 4) is 5.75 Å². The minimum absolute atomic E-state index is 0. The van der Waals surface area contributed by atoms with E-state index in [1.54, 1.807) is 0 Å². The van der Waals surface area contributed by atoms with Crippen LogP contribution in [-0.2, 0) is 4.74 Å². The highest BCUT2D eigenvalue weighted by atomic mass is 35.5. The Morgan fingerprint density at radius 3 is 2.15 bits per heavy atom. The zero-order valence-corrected chi connectivity index (χ0v) is 18.8. The van der Waals surface area contributed by atoms with Crippen molar-refractivity contribution in [1.29, 1.82) is 0 Å². The Morgan fingerprint density at radius 2 is 1.62 bits per heavy atom. The molecule has 4 nitrogen and oxygen atoms in total. The highest BCUT2D eigenvalue weighted by molar-refractivity contribution is 6.70. The van der Waals surface area contributed by atoms with Crippen LogP contribution >= 0.6 is 24.8 Å². The third-order valence-electron chi connectivity index (χ3n) is 4.90. The van der Waals surface area contributed by atoms with Gasteiger partial charge < -0.3 is 14.5 Å². The monoisotopic (exact) mass is 420 g/mol. The van der Waals surface area contributed by atoms with Gasteiger partial charge in [-0.1, -0.05) is 12.1 Å². The van der Waals surface area contributed by atoms with E-state index >= 15 is 0 Å². The first-order valence-electron chi connectivity index (χ1n) is 9.34. The van der Waals surface area contributed by atoms with E-state index in [1.165, 1.54) is 18.4 Å². The van der Waals surface area contributed by atoms with Crippen LogP contribution in [0.4, 0.5) is 0 Å². The molecule has 0 bridgehead atoms. The summed E-state index contributed by atoms with van der Waals surface area (Å²) in [7, 11) is -1.54. The summed E-state index contributed by atoms with van der Waals surface area (Å²) in [4.78, 5) is 2.67. The number of ether oxygens (including phenoxy) is 1. The van der Waals surface area contributed by atoms with Crippen LogP contribution in [0.5, 0.6) is 5.75 Å². The van der Waals surface area contributed by atoms with Crippen LogP contribution in [0, 0.1) is 5.92 Å². The Balaban J connectivity index is 0.00000169. The van der Waals surface area contributed by atoms with E-state index in [9.17, 15) is 0 Å². The van der Waals surface area contributed by atoms with Crippen LogP contribution in [0.25, 0.3) is 0 Å². The standard InChI is InChI=1S/C19H32N2O2Si.2ClH/c1-24(2,3)23-18-6-4-16(5-7-18)19(17-8-14-22-15-9-17)21-12-10-20-11-13-21;;/h4-7,17,19-20H,8-15H2,1-3H3;2*1H/t19-;;/m1../s1. The van der Waals surface area contributed by atoms with Crippen molar-refractivity contribution < 1.29 is 9.16 Å². The fourth-order valence-electron chi connectivity index (χ4n) is 3.86. The van der Waals surface area contributed by atoms with Crippen LogP contribution in [0.3, 0.4) is 0 Å². The van der Waals surface area contributed by atoms with E-state index in [4.69, 9.17) is 9.16 Å². The van der Waals surface area contributed by atoms with E-state index in [-0.39, 0.29) is 24.8 Å². The van der Waals surface area contributed by atoms with Crippen LogP contribution in [0.1, 0.15) is 24.4 Å². The van der Waals surface area contributed by atoms with E-state index in [1.807, 2.05) is 0 Å². The molecule has 0 amide bonds. The molecular weight excluding hydrogens is 387 g/mol. The molecule has 150 valence electrons. The third-order valence-corrected chi connectivity index (χ3v) is 5.75. The molecule has 0 spiro atoms. The third kappa shape index (κ3) is 6.70. The summed E-state index contributed by atoms with van der Waals surface area (Å²) in [6.45, 7) is 13.0. The van der Waals surface area contributed by atoms with Crippen LogP contribution < -0.4 is 9.74 Å². The van der Waals surface area contributed by atoms with Crippen molar-refractivity contribution in [3.63, 3.8) is 0 Å². The number of benzene rings is 1. The molecule has 2 saturated heterocycles. The van der Waals surface area contributed by atoms with Gasteiger partial charge in [-0.3, -0.25) is 4.90 Å². The van der Waals surface area contributed by atoms with Crippen LogP contribution in [0.15, 0.2) is 24.3 Å². The molecule has 1 aromatic rings. The van der Waals surface area contributed by atoms with Gasteiger partial charge in [-0.15, -0.1) is 24.8 Å². The maximum Gasteiger partial charge on any atom is 0.242 e. The average Bonchev–Trinajstić information content (AvgIpc) is 2.57. The second kappa shape index (κ2) is 10.9. The molecule has 2 fully saturated rings. The first-order chi connectivity index (χ1) is 11.5. The summed E-state index contributed by atoms with van der Waals surface area (Å²) < 4.78 is 11.7. The highest BCUT2D eigenvalue weighted by Gasteiger charge is 2.31. The van der Waals surface area contributed by atoms with E-state index < -0.39 is 8.32 Å². The number of nitrogens with zero attached hydrogens (tertiary/aromatic N) is 1. The lowest BCUT2D eigenvalue weighted by molar-refractivity contribution is 0.0213. The van der Waals surface area contributed by atoms with Gasteiger partial charge in [0.05, 0.1) is 0 Å². The number of hydrogen-bond acceptors (Lipinski definition) is 4. The fraction of sp³-hybridized carbons (Fsp3) is 0.684. The summed E-state index contributed by atoms with van der Waals surface area (Å²) >= 11 is 0. The highest BCUT2D eigenvalue weighted by Crippen LogP contribution is 2.36. The number of nitrogens with one attached hydrogen (secondary N) is 1. The summed E-state index contributed by atoms with van der Waals surface area (Å²) in [5, 5.41) is 3.48. The Morgan fingerprint density at radius 1 is 1.04 bits per heavy atom. The smallest absolute Gasteiger partial charge is 0.242 e. The largest absolute Gasteiger partial charge is 0.544 e. The minimum Gasteiger partial charge on any atom is -0.544 e. The number of halogens is 2. The first-order valence-corrected chi connectivity index (χ1v) is 12.8. The van der Waals surface area contributed by atoms with Crippen molar-refractivity contribution in [3.05, 3.63) is 29.8 Å². The van der Waals surface area contributed by atoms with Crippen molar-refractivity contribution in [1.82, 2.24) is 10.2 Å². The van der Waals surface area contributed by atoms with E-state index in [0.29, 0.717) is 12.0 Å². The van der Waals surface area contributed by atoms with E-state index in [2.05, 4.69) is 54.1 Å². The fourth-order valence-corrected chi connectivity index (χ4v) is 4.70. The zero-order chi connectivity index (χ0) is 17.0. The van der Waals surface area contributed by atoms with Gasteiger partial charge in [-0.25, -0.2) is 0 Å². The Kier molecular flexibility index (Phi) is 9.94. The summed E-state index contributed by atoms with van der Waals surface area (Å²) in [5.74, 6) is 1.71. The normalized spacial score (nSPS) is 20.6. The summed E-state index contributed by atoms with van der Waals surface area (Å²) in [6.07, 6.45) is 2.34. The topological polar surface area (TPSA) is 33.7 Å². The van der Waals surface area contributed by atoms with Gasteiger partial charge >= 0.3 is 0 Å². The molecule has 2 heterocycles. The lowest BCUT2D eigenvalue weighted by Crippen LogP contribution is -2.47. The SMILES string of the molecule is C[Si](C)(C)Oc1ccc([C@H](C2CCOCC2)N2CCNCC2)cc1.Cl.Cl. The molecule has 0 unspecified atom stereocenters. The van der Waals surface area contributed by atoms with Gasteiger partial charge in [0.1, 0.15) is 5.75 Å². The second-order valence-corrected chi connectivity index (χ2v) is 12.4. The zero-order valence-electron chi connectivity index (χ0n) is 16.2. The Bertz CT molecular complexity index is 495. The number of hydrogen-bond donors (Lipinski definition) is 1. The average molecular weight is 421 g/mol. The molecule has 0 radical (unpaired) electrons. The molecule has 2 aliphatic rings. The molecular formula is C19H34Cl2N2O2Si. The van der Waals surface area contributed by atoms with Gasteiger partial charge in [0, 0.05) is 45.4 Å². The second-order valence-electron chi connectivity index (χ2n) is 7.96. The molecule has 0 aliphatic carbocycles. The quantitative estimate of drug-likeness (QED) is 0.726. The number of piperazine rings is 1. The van der Waals surface area contributed by atoms with Gasteiger partial charge in [0.2, 0.25) is 8.32 Å². The van der Waals surface area contributed by atoms with Crippen molar-refractivity contribution in [2.24, 2.45) is 5.92 Å². The van der Waals surface area contributed by atoms with E-state index in [0.717, 1.165) is 45.1 Å². The van der Waals surface area contributed by atoms with Gasteiger partial charge in [0.15, 0.2) is 0 Å². The van der Waals surface area contributed by atoms with Gasteiger partial charge in [-0.05, 0) is 56.1 Å². The molecule has 26 heavy (non-hydrogen) atoms. The van der Waals surface area contributed by atoms with Crippen LogP contribution in [0.2, 0.25) is 19.6 Å². The lowest BCUT2D eigenvalue weighted by atomic mass is 9.85. The molecule has 1 N–H and O–H groups in total.